The van der Waals surface area contributed by atoms with Crippen LogP contribution in [-0.4, -0.2) is 11.7 Å². The average molecular weight is 333 g/mol. The van der Waals surface area contributed by atoms with E-state index in [1.807, 2.05) is 18.2 Å². The van der Waals surface area contributed by atoms with E-state index in [0.29, 0.717) is 6.42 Å². The van der Waals surface area contributed by atoms with Crippen LogP contribution in [-0.2, 0) is 16.6 Å². The fraction of sp³-hybridized carbons (Fsp3) is 0.273. The minimum Gasteiger partial charge on any atom is -0.323 e. The Morgan fingerprint density at radius 3 is 2.44 bits per heavy atom. The predicted octanol–water partition coefficient (Wildman–Crippen LogP) is 4.76. The molecule has 1 aliphatic carbocycles. The molecule has 1 amide bonds. The van der Waals surface area contributed by atoms with Gasteiger partial charge in [0.1, 0.15) is 0 Å². The van der Waals surface area contributed by atoms with Crippen molar-refractivity contribution in [3.63, 3.8) is 0 Å². The number of fused-ring (bicyclic) bond motifs is 1. The van der Waals surface area contributed by atoms with Crippen molar-refractivity contribution < 1.29 is 9.59 Å². The molecule has 3 rings (SSSR count). The summed E-state index contributed by atoms with van der Waals surface area (Å²) in [7, 11) is 0. The van der Waals surface area contributed by atoms with Gasteiger partial charge in [0.25, 0.3) is 0 Å². The van der Waals surface area contributed by atoms with Gasteiger partial charge in [-0.2, -0.15) is 0 Å². The molecule has 0 heterocycles. The van der Waals surface area contributed by atoms with Crippen LogP contribution in [0, 0.1) is 0 Å². The molecule has 3 nitrogen and oxygen atoms in total. The van der Waals surface area contributed by atoms with Crippen molar-refractivity contribution in [3.05, 3.63) is 70.8 Å². The number of nitrogens with one attached hydrogen (secondary N) is 1. The Labute approximate surface area is 148 Å². The minimum absolute atomic E-state index is 0.120. The van der Waals surface area contributed by atoms with Gasteiger partial charge in [-0.15, -0.1) is 0 Å². The quantitative estimate of drug-likeness (QED) is 0.823. The summed E-state index contributed by atoms with van der Waals surface area (Å²) in [5, 5.41) is 2.86. The Balaban J connectivity index is 1.64. The van der Waals surface area contributed by atoms with E-state index >= 15 is 0 Å². The number of Topliss-reactive ketones (excluding diaryl/α,β-unsaturated/α-hetero) is 1. The second-order valence-corrected chi connectivity index (χ2v) is 7.49. The molecule has 128 valence electrons. The summed E-state index contributed by atoms with van der Waals surface area (Å²) in [5.74, 6) is 0.00986. The Morgan fingerprint density at radius 2 is 1.76 bits per heavy atom. The zero-order chi connectivity index (χ0) is 18.0. The molecule has 0 radical (unpaired) electrons. The Kier molecular flexibility index (Phi) is 4.58. The lowest BCUT2D eigenvalue weighted by Gasteiger charge is -2.18. The maximum absolute atomic E-state index is 12.1. The van der Waals surface area contributed by atoms with E-state index in [2.05, 4.69) is 38.2 Å². The topological polar surface area (TPSA) is 46.2 Å². The molecule has 3 heteroatoms. The molecule has 2 aromatic rings. The molecule has 0 unspecified atom stereocenters. The van der Waals surface area contributed by atoms with E-state index in [0.717, 1.165) is 28.8 Å². The van der Waals surface area contributed by atoms with Crippen LogP contribution in [0.4, 0.5) is 5.69 Å². The van der Waals surface area contributed by atoms with Crippen molar-refractivity contribution in [2.45, 2.75) is 39.0 Å². The van der Waals surface area contributed by atoms with Gasteiger partial charge < -0.3 is 5.32 Å². The van der Waals surface area contributed by atoms with Crippen molar-refractivity contribution >= 4 is 23.5 Å². The first kappa shape index (κ1) is 17.2. The molecule has 1 aliphatic rings. The molecule has 2 aromatic carbocycles. The van der Waals surface area contributed by atoms with E-state index in [1.54, 1.807) is 18.2 Å². The van der Waals surface area contributed by atoms with E-state index < -0.39 is 0 Å². The van der Waals surface area contributed by atoms with Crippen molar-refractivity contribution in [1.82, 2.24) is 0 Å². The fourth-order valence-corrected chi connectivity index (χ4v) is 2.98. The third kappa shape index (κ3) is 4.05. The lowest BCUT2D eigenvalue weighted by molar-refractivity contribution is -0.111. The standard InChI is InChI=1S/C22H23NO2/c1-22(2,3)17-8-4-15(5-9-17)6-13-21(25)23-18-10-11-19-16(14-18)7-12-20(19)24/h4-6,8-11,13-14H,7,12H2,1-3H3,(H,23,25). The number of benzene rings is 2. The summed E-state index contributed by atoms with van der Waals surface area (Å²) in [4.78, 5) is 23.8. The Morgan fingerprint density at radius 1 is 1.04 bits per heavy atom. The molecule has 0 spiro atoms. The molecule has 25 heavy (non-hydrogen) atoms. The molecular weight excluding hydrogens is 310 g/mol. The number of hydrogen-bond donors (Lipinski definition) is 1. The highest BCUT2D eigenvalue weighted by Gasteiger charge is 2.19. The van der Waals surface area contributed by atoms with E-state index in [-0.39, 0.29) is 17.1 Å². The van der Waals surface area contributed by atoms with E-state index in [1.165, 1.54) is 11.6 Å². The van der Waals surface area contributed by atoms with Crippen LogP contribution in [0.3, 0.4) is 0 Å². The lowest BCUT2D eigenvalue weighted by Crippen LogP contribution is -2.10. The number of hydrogen-bond acceptors (Lipinski definition) is 2. The summed E-state index contributed by atoms with van der Waals surface area (Å²) in [6, 6.07) is 13.7. The zero-order valence-electron chi connectivity index (χ0n) is 14.9. The first-order valence-electron chi connectivity index (χ1n) is 8.59. The molecular formula is C22H23NO2. The average Bonchev–Trinajstić information content (AvgIpc) is 2.93. The molecule has 1 N–H and O–H groups in total. The second kappa shape index (κ2) is 6.67. The number of anilines is 1. The van der Waals surface area contributed by atoms with Gasteiger partial charge in [0.05, 0.1) is 0 Å². The summed E-state index contributed by atoms with van der Waals surface area (Å²) >= 11 is 0. The number of amides is 1. The van der Waals surface area contributed by atoms with Gasteiger partial charge in [0.2, 0.25) is 5.91 Å². The van der Waals surface area contributed by atoms with Crippen LogP contribution in [0.2, 0.25) is 0 Å². The van der Waals surface area contributed by atoms with E-state index in [9.17, 15) is 9.59 Å². The number of aryl methyl sites for hydroxylation is 1. The second-order valence-electron chi connectivity index (χ2n) is 7.49. The number of carbonyl (C=O) groups excluding carboxylic acids is 2. The minimum atomic E-state index is -0.177. The number of rotatable bonds is 3. The molecule has 0 bridgehead atoms. The molecule has 0 aromatic heterocycles. The van der Waals surface area contributed by atoms with Crippen molar-refractivity contribution in [2.75, 3.05) is 5.32 Å². The number of carbonyl (C=O) groups is 2. The van der Waals surface area contributed by atoms with Crippen LogP contribution in [0.5, 0.6) is 0 Å². The molecule has 0 fully saturated rings. The number of ketones is 1. The first-order chi connectivity index (χ1) is 11.8. The molecule has 0 saturated heterocycles. The first-order valence-corrected chi connectivity index (χ1v) is 8.59. The van der Waals surface area contributed by atoms with Crippen molar-refractivity contribution in [2.24, 2.45) is 0 Å². The molecule has 0 atom stereocenters. The SMILES string of the molecule is CC(C)(C)c1ccc(C=CC(=O)Nc2ccc3c(c2)CCC3=O)cc1. The van der Waals surface area contributed by atoms with E-state index in [4.69, 9.17) is 0 Å². The highest BCUT2D eigenvalue weighted by atomic mass is 16.1. The summed E-state index contributed by atoms with van der Waals surface area (Å²) in [5.41, 5.74) is 4.90. The van der Waals surface area contributed by atoms with Gasteiger partial charge in [-0.05, 0) is 52.8 Å². The highest BCUT2D eigenvalue weighted by molar-refractivity contribution is 6.04. The molecule has 0 aliphatic heterocycles. The summed E-state index contributed by atoms with van der Waals surface area (Å²) < 4.78 is 0. The summed E-state index contributed by atoms with van der Waals surface area (Å²) in [6.07, 6.45) is 4.66. The summed E-state index contributed by atoms with van der Waals surface area (Å²) in [6.45, 7) is 6.53. The molecule has 0 saturated carbocycles. The van der Waals surface area contributed by atoms with Crippen LogP contribution >= 0.6 is 0 Å². The Hall–Kier alpha value is -2.68. The fourth-order valence-electron chi connectivity index (χ4n) is 2.98. The van der Waals surface area contributed by atoms with Gasteiger partial charge >= 0.3 is 0 Å². The van der Waals surface area contributed by atoms with Gasteiger partial charge in [0.15, 0.2) is 5.78 Å². The lowest BCUT2D eigenvalue weighted by atomic mass is 9.87. The normalized spacial score (nSPS) is 14.0. The van der Waals surface area contributed by atoms with Crippen molar-refractivity contribution in [1.29, 1.82) is 0 Å². The van der Waals surface area contributed by atoms with Gasteiger partial charge in [-0.25, -0.2) is 0 Å². The van der Waals surface area contributed by atoms with Gasteiger partial charge in [-0.3, -0.25) is 9.59 Å². The Bertz CT molecular complexity index is 839. The third-order valence-electron chi connectivity index (χ3n) is 4.50. The maximum Gasteiger partial charge on any atom is 0.248 e. The monoisotopic (exact) mass is 333 g/mol. The van der Waals surface area contributed by atoms with Crippen LogP contribution in [0.15, 0.2) is 48.5 Å². The highest BCUT2D eigenvalue weighted by Crippen LogP contribution is 2.25. The van der Waals surface area contributed by atoms with Crippen molar-refractivity contribution in [3.8, 4) is 0 Å². The smallest absolute Gasteiger partial charge is 0.248 e. The van der Waals surface area contributed by atoms with Crippen LogP contribution < -0.4 is 5.32 Å². The largest absolute Gasteiger partial charge is 0.323 e. The van der Waals surface area contributed by atoms with Crippen LogP contribution in [0.25, 0.3) is 6.08 Å². The third-order valence-corrected chi connectivity index (χ3v) is 4.50. The van der Waals surface area contributed by atoms with Crippen LogP contribution in [0.1, 0.15) is 54.2 Å². The maximum atomic E-state index is 12.1. The van der Waals surface area contributed by atoms with Gasteiger partial charge in [0, 0.05) is 23.7 Å². The predicted molar refractivity (Wildman–Crippen MR) is 102 cm³/mol. The van der Waals surface area contributed by atoms with Gasteiger partial charge in [-0.1, -0.05) is 45.0 Å². The zero-order valence-corrected chi connectivity index (χ0v) is 14.9.